The zero-order chi connectivity index (χ0) is 28.0. The first-order valence-electron chi connectivity index (χ1n) is 14.2. The molecule has 1 aromatic carbocycles. The number of urea groups is 1. The van der Waals surface area contributed by atoms with Crippen molar-refractivity contribution in [3.8, 4) is 0 Å². The SMILES string of the molecule is CCCCCCCCCC1=NC2(CCN(S(=O)(=O)CCc3ccc(N4C(=O)CNC4=O)cc3C)CC2)C(=O)N1. The molecule has 1 aromatic rings. The highest BCUT2D eigenvalue weighted by molar-refractivity contribution is 7.89. The minimum Gasteiger partial charge on any atom is -0.328 e. The second-order valence-electron chi connectivity index (χ2n) is 10.9. The largest absolute Gasteiger partial charge is 0.329 e. The van der Waals surface area contributed by atoms with Crippen molar-refractivity contribution in [1.29, 1.82) is 0 Å². The summed E-state index contributed by atoms with van der Waals surface area (Å²) in [5.74, 6) is 0.278. The van der Waals surface area contributed by atoms with E-state index in [1.54, 1.807) is 18.2 Å². The zero-order valence-electron chi connectivity index (χ0n) is 23.1. The molecule has 0 saturated carbocycles. The number of anilines is 1. The highest BCUT2D eigenvalue weighted by Gasteiger charge is 2.47. The number of benzene rings is 1. The number of carbonyl (C=O) groups excluding carboxylic acids is 3. The van der Waals surface area contributed by atoms with Crippen molar-refractivity contribution in [2.45, 2.75) is 90.0 Å². The summed E-state index contributed by atoms with van der Waals surface area (Å²) in [7, 11) is -3.52. The summed E-state index contributed by atoms with van der Waals surface area (Å²) >= 11 is 0. The number of unbranched alkanes of at least 4 members (excludes halogenated alkanes) is 6. The predicted octanol–water partition coefficient (Wildman–Crippen LogP) is 3.43. The van der Waals surface area contributed by atoms with Gasteiger partial charge in [-0.1, -0.05) is 51.5 Å². The van der Waals surface area contributed by atoms with Crippen molar-refractivity contribution in [3.63, 3.8) is 0 Å². The van der Waals surface area contributed by atoms with E-state index in [9.17, 15) is 22.8 Å². The van der Waals surface area contributed by atoms with E-state index < -0.39 is 21.6 Å². The van der Waals surface area contributed by atoms with Crippen molar-refractivity contribution in [2.24, 2.45) is 4.99 Å². The van der Waals surface area contributed by atoms with Gasteiger partial charge in [0.25, 0.3) is 11.8 Å². The number of amidine groups is 1. The van der Waals surface area contributed by atoms with Crippen LogP contribution in [0, 0.1) is 6.92 Å². The quantitative estimate of drug-likeness (QED) is 0.283. The number of piperidine rings is 1. The number of carbonyl (C=O) groups is 3. The maximum absolute atomic E-state index is 13.1. The van der Waals surface area contributed by atoms with Crippen LogP contribution in [-0.2, 0) is 26.0 Å². The Morgan fingerprint density at radius 1 is 0.974 bits per heavy atom. The zero-order valence-corrected chi connectivity index (χ0v) is 23.9. The highest BCUT2D eigenvalue weighted by Crippen LogP contribution is 2.32. The molecule has 2 N–H and O–H groups in total. The monoisotopic (exact) mass is 559 g/mol. The van der Waals surface area contributed by atoms with Crippen LogP contribution in [0.25, 0.3) is 0 Å². The Hall–Kier alpha value is -2.79. The third-order valence-electron chi connectivity index (χ3n) is 8.05. The van der Waals surface area contributed by atoms with E-state index in [1.807, 2.05) is 6.92 Å². The molecule has 0 atom stereocenters. The topological polar surface area (TPSA) is 128 Å². The lowest BCUT2D eigenvalue weighted by atomic mass is 9.89. The number of imide groups is 1. The molecule has 1 spiro atoms. The van der Waals surface area contributed by atoms with Gasteiger partial charge in [-0.05, 0) is 55.9 Å². The van der Waals surface area contributed by atoms with Gasteiger partial charge in [0.1, 0.15) is 11.4 Å². The predicted molar refractivity (Wildman–Crippen MR) is 151 cm³/mol. The van der Waals surface area contributed by atoms with Gasteiger partial charge in [0.15, 0.2) is 0 Å². The molecule has 0 unspecified atom stereocenters. The first kappa shape index (κ1) is 29.2. The molecule has 3 aliphatic rings. The van der Waals surface area contributed by atoms with E-state index >= 15 is 0 Å². The Bertz CT molecular complexity index is 1200. The van der Waals surface area contributed by atoms with Gasteiger partial charge in [-0.15, -0.1) is 0 Å². The van der Waals surface area contributed by atoms with Gasteiger partial charge in [-0.2, -0.15) is 0 Å². The molecule has 3 aliphatic heterocycles. The fourth-order valence-electron chi connectivity index (χ4n) is 5.58. The van der Waals surface area contributed by atoms with Gasteiger partial charge >= 0.3 is 6.03 Å². The van der Waals surface area contributed by atoms with Gasteiger partial charge in [0.05, 0.1) is 18.0 Å². The Labute approximate surface area is 231 Å². The van der Waals surface area contributed by atoms with Crippen LogP contribution in [0.5, 0.6) is 0 Å². The lowest BCUT2D eigenvalue weighted by Crippen LogP contribution is -2.50. The van der Waals surface area contributed by atoms with Crippen molar-refractivity contribution in [1.82, 2.24) is 14.9 Å². The van der Waals surface area contributed by atoms with Crippen molar-refractivity contribution in [2.75, 3.05) is 30.3 Å². The maximum Gasteiger partial charge on any atom is 0.329 e. The van der Waals surface area contributed by atoms with E-state index in [0.29, 0.717) is 24.9 Å². The van der Waals surface area contributed by atoms with Gasteiger partial charge in [0, 0.05) is 19.5 Å². The van der Waals surface area contributed by atoms with Gasteiger partial charge < -0.3 is 10.6 Å². The average molecular weight is 560 g/mol. The molecule has 4 rings (SSSR count). The van der Waals surface area contributed by atoms with Crippen molar-refractivity contribution >= 4 is 39.4 Å². The Morgan fingerprint density at radius 2 is 1.67 bits per heavy atom. The van der Waals surface area contributed by atoms with Crippen LogP contribution in [0.2, 0.25) is 0 Å². The summed E-state index contributed by atoms with van der Waals surface area (Å²) in [4.78, 5) is 42.5. The number of rotatable bonds is 13. The van der Waals surface area contributed by atoms with Crippen molar-refractivity contribution < 1.29 is 22.8 Å². The van der Waals surface area contributed by atoms with Crippen LogP contribution < -0.4 is 15.5 Å². The van der Waals surface area contributed by atoms with E-state index in [4.69, 9.17) is 4.99 Å². The third kappa shape index (κ3) is 6.87. The summed E-state index contributed by atoms with van der Waals surface area (Å²) in [5, 5.41) is 5.45. The number of aliphatic imine (C=N–C) groups is 1. The fourth-order valence-corrected chi connectivity index (χ4v) is 7.05. The number of aryl methyl sites for hydroxylation is 2. The molecular formula is C28H41N5O5S. The number of hydrogen-bond acceptors (Lipinski definition) is 6. The van der Waals surface area contributed by atoms with Gasteiger partial charge in [-0.3, -0.25) is 14.6 Å². The lowest BCUT2D eigenvalue weighted by molar-refractivity contribution is -0.125. The smallest absolute Gasteiger partial charge is 0.328 e. The third-order valence-corrected chi connectivity index (χ3v) is 9.92. The number of amides is 4. The fraction of sp³-hybridized carbons (Fsp3) is 0.643. The first-order valence-corrected chi connectivity index (χ1v) is 15.8. The second-order valence-corrected chi connectivity index (χ2v) is 13.0. The summed E-state index contributed by atoms with van der Waals surface area (Å²) in [5.41, 5.74) is 1.30. The molecule has 0 bridgehead atoms. The normalized spacial score (nSPS) is 19.5. The number of nitrogens with zero attached hydrogens (tertiary/aromatic N) is 3. The van der Waals surface area contributed by atoms with Crippen molar-refractivity contribution in [3.05, 3.63) is 29.3 Å². The van der Waals surface area contributed by atoms with Crippen LogP contribution in [0.15, 0.2) is 23.2 Å². The van der Waals surface area contributed by atoms with Crippen LogP contribution in [0.4, 0.5) is 10.5 Å². The molecule has 10 nitrogen and oxygen atoms in total. The Balaban J connectivity index is 1.27. The molecule has 39 heavy (non-hydrogen) atoms. The standard InChI is InChI=1S/C28H41N5O5S/c1-3-4-5-6-7-8-9-10-24-30-26(35)28(31-24)14-16-32(17-15-28)39(37,38)18-13-22-11-12-23(19-21(22)2)33-25(34)20-29-27(33)36/h11-12,19H,3-10,13-18,20H2,1-2H3,(H,29,36)(H,30,31,35). The molecule has 11 heteroatoms. The Morgan fingerprint density at radius 3 is 2.31 bits per heavy atom. The minimum absolute atomic E-state index is 0.0253. The van der Waals surface area contributed by atoms with Crippen LogP contribution in [-0.4, -0.2) is 67.3 Å². The van der Waals surface area contributed by atoms with E-state index in [0.717, 1.165) is 41.1 Å². The molecule has 0 aromatic heterocycles. The first-order chi connectivity index (χ1) is 18.6. The number of hydrogen-bond donors (Lipinski definition) is 2. The summed E-state index contributed by atoms with van der Waals surface area (Å²) < 4.78 is 27.7. The molecular weight excluding hydrogens is 518 g/mol. The molecule has 0 aliphatic carbocycles. The van der Waals surface area contributed by atoms with Gasteiger partial charge in [0.2, 0.25) is 10.0 Å². The highest BCUT2D eigenvalue weighted by atomic mass is 32.2. The molecule has 0 radical (unpaired) electrons. The summed E-state index contributed by atoms with van der Waals surface area (Å²) in [6, 6.07) is 4.72. The lowest BCUT2D eigenvalue weighted by Gasteiger charge is -2.34. The average Bonchev–Trinajstić information content (AvgIpc) is 3.40. The number of sulfonamides is 1. The summed E-state index contributed by atoms with van der Waals surface area (Å²) in [6.07, 6.45) is 10.3. The van der Waals surface area contributed by atoms with Crippen LogP contribution in [0.3, 0.4) is 0 Å². The van der Waals surface area contributed by atoms with E-state index in [2.05, 4.69) is 17.6 Å². The number of nitrogens with one attached hydrogen (secondary N) is 2. The molecule has 2 saturated heterocycles. The minimum atomic E-state index is -3.52. The van der Waals surface area contributed by atoms with Crippen LogP contribution >= 0.6 is 0 Å². The molecule has 3 heterocycles. The molecule has 4 amide bonds. The molecule has 2 fully saturated rings. The molecule has 214 valence electrons. The van der Waals surface area contributed by atoms with Gasteiger partial charge in [-0.25, -0.2) is 22.4 Å². The maximum atomic E-state index is 13.1. The van der Waals surface area contributed by atoms with E-state index in [-0.39, 0.29) is 37.2 Å². The second kappa shape index (κ2) is 12.6. The van der Waals surface area contributed by atoms with E-state index in [1.165, 1.54) is 36.4 Å². The summed E-state index contributed by atoms with van der Waals surface area (Å²) in [6.45, 7) is 4.57. The van der Waals surface area contributed by atoms with Crippen LogP contribution in [0.1, 0.15) is 82.3 Å². The Kier molecular flexibility index (Phi) is 9.43.